The molecule has 0 saturated carbocycles. The fourth-order valence-electron chi connectivity index (χ4n) is 2.18. The van der Waals surface area contributed by atoms with Crippen molar-refractivity contribution in [2.24, 2.45) is 0 Å². The second-order valence-corrected chi connectivity index (χ2v) is 5.98. The monoisotopic (exact) mass is 274 g/mol. The molecular formula is C13H26N2O4. The number of amides is 1. The Hall–Kier alpha value is -0.850. The van der Waals surface area contributed by atoms with Gasteiger partial charge in [0.05, 0.1) is 12.7 Å². The zero-order valence-corrected chi connectivity index (χ0v) is 12.1. The Morgan fingerprint density at radius 1 is 1.47 bits per heavy atom. The number of alkyl carbamates (subject to hydrolysis) is 1. The summed E-state index contributed by atoms with van der Waals surface area (Å²) in [5, 5.41) is 21.5. The lowest BCUT2D eigenvalue weighted by Gasteiger charge is -2.36. The molecule has 3 N–H and O–H groups in total. The Kier molecular flexibility index (Phi) is 6.03. The lowest BCUT2D eigenvalue weighted by atomic mass is 10.0. The number of carbonyl (C=O) groups excluding carboxylic acids is 1. The van der Waals surface area contributed by atoms with E-state index in [0.29, 0.717) is 25.9 Å². The van der Waals surface area contributed by atoms with Crippen molar-refractivity contribution >= 4 is 6.09 Å². The fraction of sp³-hybridized carbons (Fsp3) is 0.923. The van der Waals surface area contributed by atoms with E-state index >= 15 is 0 Å². The molecule has 6 heteroatoms. The molecule has 0 aromatic heterocycles. The highest BCUT2D eigenvalue weighted by atomic mass is 16.6. The quantitative estimate of drug-likeness (QED) is 0.688. The van der Waals surface area contributed by atoms with Crippen molar-refractivity contribution in [2.75, 3.05) is 26.2 Å². The van der Waals surface area contributed by atoms with Crippen LogP contribution in [-0.4, -0.2) is 65.2 Å². The Balaban J connectivity index is 2.26. The molecule has 1 aliphatic heterocycles. The van der Waals surface area contributed by atoms with Gasteiger partial charge in [0.1, 0.15) is 5.60 Å². The summed E-state index contributed by atoms with van der Waals surface area (Å²) >= 11 is 0. The van der Waals surface area contributed by atoms with Crippen molar-refractivity contribution < 1.29 is 19.7 Å². The summed E-state index contributed by atoms with van der Waals surface area (Å²) < 4.78 is 5.14. The first-order valence-corrected chi connectivity index (χ1v) is 6.81. The van der Waals surface area contributed by atoms with Crippen molar-refractivity contribution in [2.45, 2.75) is 51.4 Å². The molecule has 2 unspecified atom stereocenters. The van der Waals surface area contributed by atoms with Gasteiger partial charge in [-0.1, -0.05) is 0 Å². The van der Waals surface area contributed by atoms with E-state index in [1.807, 2.05) is 20.8 Å². The molecule has 1 aliphatic rings. The normalized spacial score (nSPS) is 25.1. The Morgan fingerprint density at radius 2 is 2.16 bits per heavy atom. The third kappa shape index (κ3) is 6.22. The molecule has 0 bridgehead atoms. The van der Waals surface area contributed by atoms with Crippen LogP contribution < -0.4 is 5.32 Å². The van der Waals surface area contributed by atoms with Gasteiger partial charge in [0.25, 0.3) is 0 Å². The van der Waals surface area contributed by atoms with Crippen molar-refractivity contribution in [3.63, 3.8) is 0 Å². The second-order valence-electron chi connectivity index (χ2n) is 5.98. The van der Waals surface area contributed by atoms with E-state index in [4.69, 9.17) is 4.74 Å². The van der Waals surface area contributed by atoms with Gasteiger partial charge in [-0.3, -0.25) is 4.90 Å². The summed E-state index contributed by atoms with van der Waals surface area (Å²) in [6.45, 7) is 7.35. The zero-order chi connectivity index (χ0) is 14.5. The maximum Gasteiger partial charge on any atom is 0.407 e. The molecule has 1 amide bonds. The van der Waals surface area contributed by atoms with Crippen molar-refractivity contribution in [3.8, 4) is 0 Å². The molecule has 0 radical (unpaired) electrons. The van der Waals surface area contributed by atoms with Crippen LogP contribution in [0, 0.1) is 0 Å². The Bertz CT molecular complexity index is 291. The average Bonchev–Trinajstić information content (AvgIpc) is 2.28. The number of ether oxygens (including phenoxy) is 1. The van der Waals surface area contributed by atoms with Crippen molar-refractivity contribution in [1.29, 1.82) is 0 Å². The van der Waals surface area contributed by atoms with E-state index in [2.05, 4.69) is 10.2 Å². The molecular weight excluding hydrogens is 248 g/mol. The van der Waals surface area contributed by atoms with E-state index < -0.39 is 11.7 Å². The highest BCUT2D eigenvalue weighted by Gasteiger charge is 2.26. The van der Waals surface area contributed by atoms with E-state index in [0.717, 1.165) is 6.54 Å². The van der Waals surface area contributed by atoms with Gasteiger partial charge in [0.2, 0.25) is 0 Å². The standard InChI is InChI=1S/C13H26N2O4/c1-13(2,3)19-12(18)14-5-7-15-6-4-11(17)8-10(15)9-16/h10-11,16-17H,4-9H2,1-3H3,(H,14,18). The number of piperidine rings is 1. The average molecular weight is 274 g/mol. The van der Waals surface area contributed by atoms with E-state index in [-0.39, 0.29) is 18.8 Å². The first kappa shape index (κ1) is 16.2. The van der Waals surface area contributed by atoms with Crippen molar-refractivity contribution in [1.82, 2.24) is 10.2 Å². The van der Waals surface area contributed by atoms with E-state index in [9.17, 15) is 15.0 Å². The molecule has 0 spiro atoms. The maximum atomic E-state index is 11.5. The van der Waals surface area contributed by atoms with Gasteiger partial charge in [0, 0.05) is 25.7 Å². The number of carbonyl (C=O) groups is 1. The molecule has 1 fully saturated rings. The van der Waals surface area contributed by atoms with Crippen LogP contribution in [0.5, 0.6) is 0 Å². The highest BCUT2D eigenvalue weighted by Crippen LogP contribution is 2.16. The minimum atomic E-state index is -0.493. The van der Waals surface area contributed by atoms with Crippen molar-refractivity contribution in [3.05, 3.63) is 0 Å². The lowest BCUT2D eigenvalue weighted by molar-refractivity contribution is 0.0162. The number of nitrogens with one attached hydrogen (secondary N) is 1. The minimum Gasteiger partial charge on any atom is -0.444 e. The van der Waals surface area contributed by atoms with Crippen LogP contribution in [-0.2, 0) is 4.74 Å². The van der Waals surface area contributed by atoms with E-state index in [1.54, 1.807) is 0 Å². The van der Waals surface area contributed by atoms with Gasteiger partial charge in [0.15, 0.2) is 0 Å². The number of hydrogen-bond donors (Lipinski definition) is 3. The number of aliphatic hydroxyl groups excluding tert-OH is 2. The molecule has 0 aliphatic carbocycles. The summed E-state index contributed by atoms with van der Waals surface area (Å²) in [5.41, 5.74) is -0.493. The first-order chi connectivity index (χ1) is 8.81. The minimum absolute atomic E-state index is 0.0239. The molecule has 6 nitrogen and oxygen atoms in total. The number of rotatable bonds is 4. The van der Waals surface area contributed by atoms with Gasteiger partial charge in [-0.05, 0) is 33.6 Å². The van der Waals surface area contributed by atoms with E-state index in [1.165, 1.54) is 0 Å². The van der Waals surface area contributed by atoms with Gasteiger partial charge in [-0.15, -0.1) is 0 Å². The van der Waals surface area contributed by atoms with Crippen LogP contribution in [0.3, 0.4) is 0 Å². The summed E-state index contributed by atoms with van der Waals surface area (Å²) in [7, 11) is 0. The smallest absolute Gasteiger partial charge is 0.407 e. The zero-order valence-electron chi connectivity index (χ0n) is 12.1. The summed E-state index contributed by atoms with van der Waals surface area (Å²) in [6, 6.07) is -0.0239. The Labute approximate surface area is 114 Å². The van der Waals surface area contributed by atoms with Gasteiger partial charge < -0.3 is 20.3 Å². The molecule has 0 aromatic carbocycles. The van der Waals surface area contributed by atoms with Gasteiger partial charge in [-0.25, -0.2) is 4.79 Å². The summed E-state index contributed by atoms with van der Waals surface area (Å²) in [5.74, 6) is 0. The number of hydrogen-bond acceptors (Lipinski definition) is 5. The van der Waals surface area contributed by atoms with Crippen LogP contribution in [0.2, 0.25) is 0 Å². The SMILES string of the molecule is CC(C)(C)OC(=O)NCCN1CCC(O)CC1CO. The van der Waals surface area contributed by atoms with Crippen LogP contribution >= 0.6 is 0 Å². The van der Waals surface area contributed by atoms with Crippen LogP contribution in [0.1, 0.15) is 33.6 Å². The molecule has 0 aromatic rings. The predicted octanol–water partition coefficient (Wildman–Crippen LogP) is 0.329. The largest absolute Gasteiger partial charge is 0.444 e. The second kappa shape index (κ2) is 7.07. The molecule has 1 rings (SSSR count). The number of nitrogens with zero attached hydrogens (tertiary/aromatic N) is 1. The molecule has 19 heavy (non-hydrogen) atoms. The van der Waals surface area contributed by atoms with Crippen LogP contribution in [0.25, 0.3) is 0 Å². The molecule has 112 valence electrons. The fourth-order valence-corrected chi connectivity index (χ4v) is 2.18. The molecule has 1 saturated heterocycles. The third-order valence-corrected chi connectivity index (χ3v) is 3.09. The lowest BCUT2D eigenvalue weighted by Crippen LogP contribution is -2.49. The van der Waals surface area contributed by atoms with Crippen LogP contribution in [0.4, 0.5) is 4.79 Å². The topological polar surface area (TPSA) is 82.0 Å². The number of aliphatic hydroxyl groups is 2. The Morgan fingerprint density at radius 3 is 2.74 bits per heavy atom. The summed E-state index contributed by atoms with van der Waals surface area (Å²) in [4.78, 5) is 13.5. The van der Waals surface area contributed by atoms with Crippen LogP contribution in [0.15, 0.2) is 0 Å². The van der Waals surface area contributed by atoms with Gasteiger partial charge in [-0.2, -0.15) is 0 Å². The third-order valence-electron chi connectivity index (χ3n) is 3.09. The van der Waals surface area contributed by atoms with Gasteiger partial charge >= 0.3 is 6.09 Å². The molecule has 1 heterocycles. The predicted molar refractivity (Wildman–Crippen MR) is 71.9 cm³/mol. The highest BCUT2D eigenvalue weighted by molar-refractivity contribution is 5.67. The maximum absolute atomic E-state index is 11.5. The first-order valence-electron chi connectivity index (χ1n) is 6.81. The summed E-state index contributed by atoms with van der Waals surface area (Å²) in [6.07, 6.45) is 0.545. The molecule has 2 atom stereocenters. The number of likely N-dealkylation sites (tertiary alicyclic amines) is 1.